The molecule has 16 heavy (non-hydrogen) atoms. The lowest BCUT2D eigenvalue weighted by molar-refractivity contribution is -0.387. The van der Waals surface area contributed by atoms with Crippen LogP contribution >= 0.6 is 0 Å². The fraction of sp³-hybridized carbons (Fsp3) is 0.400. The van der Waals surface area contributed by atoms with Gasteiger partial charge in [-0.25, -0.2) is 0 Å². The Balaban J connectivity index is 2.27. The molecule has 0 amide bonds. The lowest BCUT2D eigenvalue weighted by atomic mass is 10.2. The molecule has 1 aromatic rings. The van der Waals surface area contributed by atoms with E-state index in [1.807, 2.05) is 4.90 Å². The number of rotatable bonds is 2. The van der Waals surface area contributed by atoms with Crippen LogP contribution in [-0.4, -0.2) is 31.2 Å². The van der Waals surface area contributed by atoms with Gasteiger partial charge in [0, 0.05) is 24.8 Å². The van der Waals surface area contributed by atoms with E-state index in [0.29, 0.717) is 32.0 Å². The molecule has 86 valence electrons. The van der Waals surface area contributed by atoms with Crippen molar-refractivity contribution in [1.29, 1.82) is 0 Å². The number of anilines is 1. The molecule has 0 unspecified atom stereocenters. The highest BCUT2D eigenvalue weighted by atomic mass is 19.1. The van der Waals surface area contributed by atoms with E-state index in [9.17, 15) is 14.5 Å². The highest BCUT2D eigenvalue weighted by molar-refractivity contribution is 5.54. The summed E-state index contributed by atoms with van der Waals surface area (Å²) < 4.78 is 18.3. The van der Waals surface area contributed by atoms with E-state index in [4.69, 9.17) is 4.74 Å². The standard InChI is InChI=1S/C10H11FN2O3/c11-9-2-1-8(7-10(9)13(14)15)12-3-5-16-6-4-12/h1-2,7H,3-6H2. The largest absolute Gasteiger partial charge is 0.378 e. The molecule has 2 rings (SSSR count). The van der Waals surface area contributed by atoms with Crippen molar-refractivity contribution >= 4 is 11.4 Å². The van der Waals surface area contributed by atoms with E-state index in [2.05, 4.69) is 0 Å². The number of nitro groups is 1. The second-order valence-electron chi connectivity index (χ2n) is 3.49. The molecule has 0 aromatic heterocycles. The Bertz CT molecular complexity index is 405. The zero-order valence-corrected chi connectivity index (χ0v) is 8.56. The van der Waals surface area contributed by atoms with E-state index < -0.39 is 16.4 Å². The molecule has 5 nitrogen and oxygen atoms in total. The smallest absolute Gasteiger partial charge is 0.306 e. The molecular formula is C10H11FN2O3. The summed E-state index contributed by atoms with van der Waals surface area (Å²) in [5, 5.41) is 10.6. The van der Waals surface area contributed by atoms with Crippen molar-refractivity contribution in [2.24, 2.45) is 0 Å². The molecule has 1 heterocycles. The van der Waals surface area contributed by atoms with Gasteiger partial charge in [0.25, 0.3) is 0 Å². The second-order valence-corrected chi connectivity index (χ2v) is 3.49. The first kappa shape index (κ1) is 10.8. The van der Waals surface area contributed by atoms with Crippen LogP contribution in [0, 0.1) is 15.9 Å². The summed E-state index contributed by atoms with van der Waals surface area (Å²) >= 11 is 0. The summed E-state index contributed by atoms with van der Waals surface area (Å²) in [6, 6.07) is 3.94. The van der Waals surface area contributed by atoms with Crippen LogP contribution in [0.4, 0.5) is 15.8 Å². The third-order valence-electron chi connectivity index (χ3n) is 2.50. The lowest BCUT2D eigenvalue weighted by Crippen LogP contribution is -2.36. The fourth-order valence-corrected chi connectivity index (χ4v) is 1.66. The van der Waals surface area contributed by atoms with E-state index in [1.54, 1.807) is 6.07 Å². The van der Waals surface area contributed by atoms with Gasteiger partial charge in [-0.1, -0.05) is 0 Å². The first-order valence-electron chi connectivity index (χ1n) is 4.95. The molecule has 0 radical (unpaired) electrons. The Labute approximate surface area is 91.6 Å². The van der Waals surface area contributed by atoms with Crippen molar-refractivity contribution in [3.8, 4) is 0 Å². The molecule has 0 aliphatic carbocycles. The van der Waals surface area contributed by atoms with Crippen LogP contribution in [-0.2, 0) is 4.74 Å². The van der Waals surface area contributed by atoms with Crippen molar-refractivity contribution < 1.29 is 14.1 Å². The van der Waals surface area contributed by atoms with E-state index >= 15 is 0 Å². The van der Waals surface area contributed by atoms with Crippen LogP contribution in [0.25, 0.3) is 0 Å². The second kappa shape index (κ2) is 4.44. The van der Waals surface area contributed by atoms with Crippen LogP contribution in [0.5, 0.6) is 0 Å². The van der Waals surface area contributed by atoms with E-state index in [0.717, 1.165) is 6.07 Å². The molecule has 0 atom stereocenters. The quantitative estimate of drug-likeness (QED) is 0.567. The van der Waals surface area contributed by atoms with Gasteiger partial charge in [-0.05, 0) is 12.1 Å². The van der Waals surface area contributed by atoms with Gasteiger partial charge < -0.3 is 9.64 Å². The molecule has 0 N–H and O–H groups in total. The monoisotopic (exact) mass is 226 g/mol. The van der Waals surface area contributed by atoms with Crippen molar-refractivity contribution in [2.45, 2.75) is 0 Å². The van der Waals surface area contributed by atoms with Gasteiger partial charge in [0.2, 0.25) is 5.82 Å². The van der Waals surface area contributed by atoms with E-state index in [1.165, 1.54) is 6.07 Å². The van der Waals surface area contributed by atoms with Gasteiger partial charge in [0.15, 0.2) is 0 Å². The minimum Gasteiger partial charge on any atom is -0.378 e. The van der Waals surface area contributed by atoms with Crippen LogP contribution < -0.4 is 4.90 Å². The van der Waals surface area contributed by atoms with Gasteiger partial charge in [-0.15, -0.1) is 0 Å². The number of ether oxygens (including phenoxy) is 1. The number of nitro benzene ring substituents is 1. The molecular weight excluding hydrogens is 215 g/mol. The Hall–Kier alpha value is -1.69. The minimum atomic E-state index is -0.804. The van der Waals surface area contributed by atoms with Crippen molar-refractivity contribution in [1.82, 2.24) is 0 Å². The molecule has 1 aliphatic heterocycles. The Morgan fingerprint density at radius 1 is 1.38 bits per heavy atom. The average Bonchev–Trinajstić information content (AvgIpc) is 2.30. The number of morpholine rings is 1. The van der Waals surface area contributed by atoms with Gasteiger partial charge in [0.1, 0.15) is 0 Å². The maximum atomic E-state index is 13.1. The molecule has 1 aliphatic rings. The third kappa shape index (κ3) is 2.11. The van der Waals surface area contributed by atoms with Gasteiger partial charge in [-0.3, -0.25) is 10.1 Å². The average molecular weight is 226 g/mol. The topological polar surface area (TPSA) is 55.6 Å². The maximum Gasteiger partial charge on any atom is 0.306 e. The number of hydrogen-bond donors (Lipinski definition) is 0. The normalized spacial score (nSPS) is 16.2. The summed E-state index contributed by atoms with van der Waals surface area (Å²) in [5.74, 6) is -0.804. The third-order valence-corrected chi connectivity index (χ3v) is 2.50. The molecule has 0 bridgehead atoms. The van der Waals surface area contributed by atoms with Crippen LogP contribution in [0.3, 0.4) is 0 Å². The van der Waals surface area contributed by atoms with Crippen molar-refractivity contribution in [3.05, 3.63) is 34.1 Å². The van der Waals surface area contributed by atoms with Gasteiger partial charge in [-0.2, -0.15) is 4.39 Å². The highest BCUT2D eigenvalue weighted by Gasteiger charge is 2.18. The van der Waals surface area contributed by atoms with Crippen molar-refractivity contribution in [3.63, 3.8) is 0 Å². The lowest BCUT2D eigenvalue weighted by Gasteiger charge is -2.28. The zero-order chi connectivity index (χ0) is 11.5. The first-order chi connectivity index (χ1) is 7.68. The summed E-state index contributed by atoms with van der Waals surface area (Å²) in [6.07, 6.45) is 0. The van der Waals surface area contributed by atoms with Crippen LogP contribution in [0.1, 0.15) is 0 Å². The fourth-order valence-electron chi connectivity index (χ4n) is 1.66. The Kier molecular flexibility index (Phi) is 3.00. The molecule has 1 saturated heterocycles. The Morgan fingerprint density at radius 3 is 2.69 bits per heavy atom. The van der Waals surface area contributed by atoms with Crippen LogP contribution in [0.15, 0.2) is 18.2 Å². The van der Waals surface area contributed by atoms with Crippen LogP contribution in [0.2, 0.25) is 0 Å². The molecule has 0 saturated carbocycles. The summed E-state index contributed by atoms with van der Waals surface area (Å²) in [5.41, 5.74) is 0.181. The Morgan fingerprint density at radius 2 is 2.06 bits per heavy atom. The summed E-state index contributed by atoms with van der Waals surface area (Å²) in [6.45, 7) is 2.52. The SMILES string of the molecule is O=[N+]([O-])c1cc(N2CCOCC2)ccc1F. The highest BCUT2D eigenvalue weighted by Crippen LogP contribution is 2.24. The van der Waals surface area contributed by atoms with E-state index in [-0.39, 0.29) is 0 Å². The van der Waals surface area contributed by atoms with Crippen molar-refractivity contribution in [2.75, 3.05) is 31.2 Å². The maximum absolute atomic E-state index is 13.1. The molecule has 1 aromatic carbocycles. The number of hydrogen-bond acceptors (Lipinski definition) is 4. The molecule has 0 spiro atoms. The van der Waals surface area contributed by atoms with Gasteiger partial charge >= 0.3 is 5.69 Å². The molecule has 1 fully saturated rings. The summed E-state index contributed by atoms with van der Waals surface area (Å²) in [7, 11) is 0. The first-order valence-corrected chi connectivity index (χ1v) is 4.95. The minimum absolute atomic E-state index is 0.482. The number of benzene rings is 1. The molecule has 6 heteroatoms. The number of nitrogens with zero attached hydrogens (tertiary/aromatic N) is 2. The number of halogens is 1. The predicted octanol–water partition coefficient (Wildman–Crippen LogP) is 1.57. The summed E-state index contributed by atoms with van der Waals surface area (Å²) in [4.78, 5) is 11.8. The van der Waals surface area contributed by atoms with Gasteiger partial charge in [0.05, 0.1) is 18.1 Å². The zero-order valence-electron chi connectivity index (χ0n) is 8.56. The predicted molar refractivity (Wildman–Crippen MR) is 56.1 cm³/mol.